The summed E-state index contributed by atoms with van der Waals surface area (Å²) in [5.41, 5.74) is 5.13. The molecule has 0 spiro atoms. The minimum Gasteiger partial charge on any atom is -0.383 e. The van der Waals surface area contributed by atoms with Crippen molar-refractivity contribution < 1.29 is 0 Å². The first kappa shape index (κ1) is 10.8. The zero-order valence-corrected chi connectivity index (χ0v) is 9.25. The molecular weight excluding hydrogens is 208 g/mol. The number of H-pyrrole nitrogens is 1. The first-order valence-electron chi connectivity index (χ1n) is 5.45. The van der Waals surface area contributed by atoms with E-state index in [4.69, 9.17) is 5.73 Å². The standard InChI is InChI=1S/C10H16N4O2/c1-14-8(11)7(9(15)13-10(14)16)12-6-4-2-3-5-6/h6,12H,2-5,11H2,1H3,(H,13,15,16). The van der Waals surface area contributed by atoms with Crippen LogP contribution in [0.1, 0.15) is 25.7 Å². The normalized spacial score (nSPS) is 16.6. The highest BCUT2D eigenvalue weighted by molar-refractivity contribution is 5.60. The van der Waals surface area contributed by atoms with Crippen molar-refractivity contribution in [3.05, 3.63) is 20.8 Å². The molecule has 2 rings (SSSR count). The fourth-order valence-corrected chi connectivity index (χ4v) is 2.05. The number of aromatic nitrogens is 2. The lowest BCUT2D eigenvalue weighted by molar-refractivity contribution is 0.743. The van der Waals surface area contributed by atoms with Gasteiger partial charge in [0.15, 0.2) is 0 Å². The molecule has 0 bridgehead atoms. The van der Waals surface area contributed by atoms with Crippen molar-refractivity contribution in [3.63, 3.8) is 0 Å². The summed E-state index contributed by atoms with van der Waals surface area (Å²) in [5.74, 6) is 0.195. The van der Waals surface area contributed by atoms with Gasteiger partial charge in [0.2, 0.25) is 0 Å². The summed E-state index contributed by atoms with van der Waals surface area (Å²) in [6.45, 7) is 0. The molecule has 0 radical (unpaired) electrons. The van der Waals surface area contributed by atoms with E-state index in [1.807, 2.05) is 0 Å². The molecule has 0 aliphatic heterocycles. The molecule has 0 aromatic carbocycles. The lowest BCUT2D eigenvalue weighted by Gasteiger charge is -2.15. The summed E-state index contributed by atoms with van der Waals surface area (Å²) in [6, 6.07) is 0.293. The van der Waals surface area contributed by atoms with E-state index in [0.29, 0.717) is 11.7 Å². The molecule has 0 amide bonds. The summed E-state index contributed by atoms with van der Waals surface area (Å²) in [7, 11) is 1.54. The van der Waals surface area contributed by atoms with Gasteiger partial charge in [-0.25, -0.2) is 4.79 Å². The average Bonchev–Trinajstić information content (AvgIpc) is 2.74. The molecular formula is C10H16N4O2. The summed E-state index contributed by atoms with van der Waals surface area (Å²) >= 11 is 0. The number of nitrogens with one attached hydrogen (secondary N) is 2. The van der Waals surface area contributed by atoms with E-state index in [-0.39, 0.29) is 5.82 Å². The SMILES string of the molecule is Cn1c(N)c(NC2CCCC2)c(=O)[nH]c1=O. The van der Waals surface area contributed by atoms with Gasteiger partial charge in [-0.15, -0.1) is 0 Å². The summed E-state index contributed by atoms with van der Waals surface area (Å²) in [6.07, 6.45) is 4.42. The van der Waals surface area contributed by atoms with Gasteiger partial charge in [-0.05, 0) is 12.8 Å². The smallest absolute Gasteiger partial charge is 0.329 e. The minimum atomic E-state index is -0.487. The second-order valence-corrected chi connectivity index (χ2v) is 4.20. The maximum absolute atomic E-state index is 11.6. The molecule has 1 fully saturated rings. The lowest BCUT2D eigenvalue weighted by Crippen LogP contribution is -2.34. The number of aromatic amines is 1. The maximum atomic E-state index is 11.6. The van der Waals surface area contributed by atoms with Gasteiger partial charge in [0.1, 0.15) is 11.5 Å². The molecule has 1 heterocycles. The molecule has 1 aromatic rings. The number of hydrogen-bond acceptors (Lipinski definition) is 4. The highest BCUT2D eigenvalue weighted by Gasteiger charge is 2.18. The molecule has 88 valence electrons. The van der Waals surface area contributed by atoms with E-state index in [2.05, 4.69) is 10.3 Å². The van der Waals surface area contributed by atoms with Crippen LogP contribution in [0, 0.1) is 0 Å². The Labute approximate surface area is 92.5 Å². The molecule has 16 heavy (non-hydrogen) atoms. The lowest BCUT2D eigenvalue weighted by atomic mass is 10.2. The monoisotopic (exact) mass is 224 g/mol. The van der Waals surface area contributed by atoms with Crippen molar-refractivity contribution in [3.8, 4) is 0 Å². The summed E-state index contributed by atoms with van der Waals surface area (Å²) in [4.78, 5) is 25.1. The van der Waals surface area contributed by atoms with Crippen LogP contribution in [0.3, 0.4) is 0 Å². The first-order valence-corrected chi connectivity index (χ1v) is 5.45. The average molecular weight is 224 g/mol. The van der Waals surface area contributed by atoms with Crippen molar-refractivity contribution in [1.29, 1.82) is 0 Å². The highest BCUT2D eigenvalue weighted by Crippen LogP contribution is 2.22. The van der Waals surface area contributed by atoms with E-state index >= 15 is 0 Å². The Morgan fingerprint density at radius 3 is 2.62 bits per heavy atom. The van der Waals surface area contributed by atoms with Gasteiger partial charge in [0.05, 0.1) is 0 Å². The molecule has 6 heteroatoms. The number of nitrogen functional groups attached to an aromatic ring is 1. The largest absolute Gasteiger partial charge is 0.383 e. The number of nitrogens with zero attached hydrogens (tertiary/aromatic N) is 1. The minimum absolute atomic E-state index is 0.195. The number of rotatable bonds is 2. The van der Waals surface area contributed by atoms with Crippen molar-refractivity contribution >= 4 is 11.5 Å². The maximum Gasteiger partial charge on any atom is 0.329 e. The van der Waals surface area contributed by atoms with Gasteiger partial charge in [-0.1, -0.05) is 12.8 Å². The van der Waals surface area contributed by atoms with Crippen molar-refractivity contribution in [2.24, 2.45) is 7.05 Å². The van der Waals surface area contributed by atoms with E-state index < -0.39 is 11.2 Å². The molecule has 4 N–H and O–H groups in total. The Morgan fingerprint density at radius 2 is 2.00 bits per heavy atom. The van der Waals surface area contributed by atoms with Crippen LogP contribution in [0.15, 0.2) is 9.59 Å². The zero-order valence-electron chi connectivity index (χ0n) is 9.25. The first-order chi connectivity index (χ1) is 7.59. The van der Waals surface area contributed by atoms with Gasteiger partial charge in [-0.3, -0.25) is 14.3 Å². The Hall–Kier alpha value is -1.72. The Morgan fingerprint density at radius 1 is 1.38 bits per heavy atom. The van der Waals surface area contributed by atoms with Gasteiger partial charge < -0.3 is 11.1 Å². The molecule has 1 aromatic heterocycles. The third-order valence-electron chi connectivity index (χ3n) is 3.07. The Balaban J connectivity index is 2.36. The van der Waals surface area contributed by atoms with Crippen LogP contribution in [0.2, 0.25) is 0 Å². The number of nitrogens with two attached hydrogens (primary N) is 1. The third-order valence-corrected chi connectivity index (χ3v) is 3.07. The van der Waals surface area contributed by atoms with E-state index in [1.54, 1.807) is 0 Å². The summed E-state index contributed by atoms with van der Waals surface area (Å²) < 4.78 is 1.23. The highest BCUT2D eigenvalue weighted by atomic mass is 16.2. The molecule has 1 saturated carbocycles. The molecule has 0 saturated heterocycles. The predicted octanol–water partition coefficient (Wildman–Crippen LogP) is 0.0103. The fraction of sp³-hybridized carbons (Fsp3) is 0.600. The third kappa shape index (κ3) is 1.82. The Bertz CT molecular complexity index is 497. The van der Waals surface area contributed by atoms with Crippen LogP contribution in [-0.2, 0) is 7.05 Å². The van der Waals surface area contributed by atoms with Crippen LogP contribution in [0.5, 0.6) is 0 Å². The molecule has 1 aliphatic carbocycles. The van der Waals surface area contributed by atoms with E-state index in [9.17, 15) is 9.59 Å². The van der Waals surface area contributed by atoms with Gasteiger partial charge in [0, 0.05) is 13.1 Å². The van der Waals surface area contributed by atoms with Crippen LogP contribution < -0.4 is 22.3 Å². The van der Waals surface area contributed by atoms with Crippen LogP contribution >= 0.6 is 0 Å². The van der Waals surface area contributed by atoms with Crippen LogP contribution in [0.4, 0.5) is 11.5 Å². The van der Waals surface area contributed by atoms with Gasteiger partial charge in [-0.2, -0.15) is 0 Å². The van der Waals surface area contributed by atoms with Crippen molar-refractivity contribution in [2.75, 3.05) is 11.1 Å². The van der Waals surface area contributed by atoms with Crippen molar-refractivity contribution in [1.82, 2.24) is 9.55 Å². The van der Waals surface area contributed by atoms with E-state index in [1.165, 1.54) is 24.5 Å². The second kappa shape index (κ2) is 4.03. The van der Waals surface area contributed by atoms with Crippen molar-refractivity contribution in [2.45, 2.75) is 31.7 Å². The molecule has 6 nitrogen and oxygen atoms in total. The number of anilines is 2. The van der Waals surface area contributed by atoms with Gasteiger partial charge >= 0.3 is 5.69 Å². The topological polar surface area (TPSA) is 92.9 Å². The summed E-state index contributed by atoms with van der Waals surface area (Å²) in [5, 5.41) is 3.12. The Kier molecular flexibility index (Phi) is 2.72. The number of hydrogen-bond donors (Lipinski definition) is 3. The predicted molar refractivity (Wildman–Crippen MR) is 62.6 cm³/mol. The van der Waals surface area contributed by atoms with Gasteiger partial charge in [0.25, 0.3) is 5.56 Å². The quantitative estimate of drug-likeness (QED) is 0.659. The second-order valence-electron chi connectivity index (χ2n) is 4.20. The zero-order chi connectivity index (χ0) is 11.7. The molecule has 0 atom stereocenters. The molecule has 0 unspecified atom stereocenters. The van der Waals surface area contributed by atoms with E-state index in [0.717, 1.165) is 12.8 Å². The van der Waals surface area contributed by atoms with Crippen LogP contribution in [-0.4, -0.2) is 15.6 Å². The molecule has 1 aliphatic rings. The van der Waals surface area contributed by atoms with Crippen LogP contribution in [0.25, 0.3) is 0 Å². The fourth-order valence-electron chi connectivity index (χ4n) is 2.05.